The molecule has 168 valence electrons. The molecule has 32 heavy (non-hydrogen) atoms. The van der Waals surface area contributed by atoms with E-state index in [9.17, 15) is 14.9 Å². The highest BCUT2D eigenvalue weighted by atomic mass is 35.5. The molecule has 0 aliphatic carbocycles. The second kappa shape index (κ2) is 10.6. The number of benzene rings is 2. The van der Waals surface area contributed by atoms with Gasteiger partial charge < -0.3 is 24.9 Å². The number of rotatable bonds is 10. The number of nitrogens with zero attached hydrogens (tertiary/aromatic N) is 3. The number of aromatic nitrogens is 2. The molecule has 1 N–H and O–H groups in total. The van der Waals surface area contributed by atoms with Crippen molar-refractivity contribution in [1.29, 1.82) is 0 Å². The SMILES string of the molecule is CCOc1ccc(CNC(=O)c2ccc(Cn3cc(Cl)c([N+](=O)[O-])n3)cc2)cc1OCC. The summed E-state index contributed by atoms with van der Waals surface area (Å²) in [5.41, 5.74) is 2.21. The van der Waals surface area contributed by atoms with Gasteiger partial charge in [-0.2, -0.15) is 4.68 Å². The lowest BCUT2D eigenvalue weighted by Gasteiger charge is -2.13. The summed E-state index contributed by atoms with van der Waals surface area (Å²) in [6, 6.07) is 12.5. The fourth-order valence-electron chi connectivity index (χ4n) is 3.03. The molecule has 2 aromatic carbocycles. The van der Waals surface area contributed by atoms with Crippen molar-refractivity contribution in [2.75, 3.05) is 13.2 Å². The molecule has 3 aromatic rings. The van der Waals surface area contributed by atoms with Crippen molar-refractivity contribution < 1.29 is 19.2 Å². The number of carbonyl (C=O) groups is 1. The Bertz CT molecular complexity index is 1100. The second-order valence-electron chi connectivity index (χ2n) is 6.78. The van der Waals surface area contributed by atoms with E-state index in [0.717, 1.165) is 11.1 Å². The van der Waals surface area contributed by atoms with Gasteiger partial charge in [-0.05, 0) is 54.2 Å². The van der Waals surface area contributed by atoms with E-state index >= 15 is 0 Å². The minimum atomic E-state index is -0.631. The largest absolute Gasteiger partial charge is 0.490 e. The number of ether oxygens (including phenoxy) is 2. The lowest BCUT2D eigenvalue weighted by atomic mass is 10.1. The Hall–Kier alpha value is -3.59. The standard InChI is InChI=1S/C22H23ClN4O5/c1-3-31-19-10-7-16(11-20(19)32-4-2)12-24-22(28)17-8-5-15(6-9-17)13-26-14-18(23)21(25-26)27(29)30/h5-11,14H,3-4,12-13H2,1-2H3,(H,24,28). The van der Waals surface area contributed by atoms with Crippen LogP contribution in [0, 0.1) is 10.1 Å². The summed E-state index contributed by atoms with van der Waals surface area (Å²) in [6.07, 6.45) is 1.40. The third kappa shape index (κ3) is 5.76. The zero-order valence-electron chi connectivity index (χ0n) is 17.7. The summed E-state index contributed by atoms with van der Waals surface area (Å²) < 4.78 is 12.6. The van der Waals surface area contributed by atoms with E-state index in [1.54, 1.807) is 24.3 Å². The number of halogens is 1. The summed E-state index contributed by atoms with van der Waals surface area (Å²) in [4.78, 5) is 22.7. The zero-order chi connectivity index (χ0) is 23.1. The molecule has 3 rings (SSSR count). The Balaban J connectivity index is 1.61. The van der Waals surface area contributed by atoms with Crippen molar-refractivity contribution in [3.05, 3.63) is 80.5 Å². The van der Waals surface area contributed by atoms with E-state index in [-0.39, 0.29) is 16.7 Å². The molecule has 0 aliphatic rings. The highest BCUT2D eigenvalue weighted by Gasteiger charge is 2.19. The van der Waals surface area contributed by atoms with E-state index < -0.39 is 4.92 Å². The van der Waals surface area contributed by atoms with E-state index in [4.69, 9.17) is 21.1 Å². The molecule has 0 saturated carbocycles. The van der Waals surface area contributed by atoms with Gasteiger partial charge in [0.25, 0.3) is 5.91 Å². The number of hydrogen-bond donors (Lipinski definition) is 1. The summed E-state index contributed by atoms with van der Waals surface area (Å²) >= 11 is 5.82. The van der Waals surface area contributed by atoms with Gasteiger partial charge in [0.15, 0.2) is 16.5 Å². The summed E-state index contributed by atoms with van der Waals surface area (Å²) in [5, 5.41) is 17.6. The number of nitrogens with one attached hydrogen (secondary N) is 1. The van der Waals surface area contributed by atoms with Crippen LogP contribution in [0.1, 0.15) is 35.3 Å². The Labute approximate surface area is 190 Å². The first-order valence-electron chi connectivity index (χ1n) is 10.0. The van der Waals surface area contributed by atoms with Crippen LogP contribution in [0.15, 0.2) is 48.7 Å². The highest BCUT2D eigenvalue weighted by molar-refractivity contribution is 6.32. The summed E-state index contributed by atoms with van der Waals surface area (Å²) in [6.45, 7) is 5.49. The Morgan fingerprint density at radius 3 is 2.38 bits per heavy atom. The van der Waals surface area contributed by atoms with Crippen LogP contribution in [-0.4, -0.2) is 33.8 Å². The minimum absolute atomic E-state index is 0.0206. The van der Waals surface area contributed by atoms with Gasteiger partial charge in [-0.1, -0.05) is 29.8 Å². The quantitative estimate of drug-likeness (QED) is 0.360. The second-order valence-corrected chi connectivity index (χ2v) is 7.19. The van der Waals surface area contributed by atoms with Crippen LogP contribution in [0.25, 0.3) is 0 Å². The number of carbonyl (C=O) groups excluding carboxylic acids is 1. The van der Waals surface area contributed by atoms with E-state index in [1.807, 2.05) is 32.0 Å². The third-order valence-corrected chi connectivity index (χ3v) is 4.76. The highest BCUT2D eigenvalue weighted by Crippen LogP contribution is 2.28. The molecule has 1 aromatic heterocycles. The maximum absolute atomic E-state index is 12.5. The lowest BCUT2D eigenvalue weighted by Crippen LogP contribution is -2.22. The van der Waals surface area contributed by atoms with Crippen molar-refractivity contribution in [2.45, 2.75) is 26.9 Å². The van der Waals surface area contributed by atoms with Crippen LogP contribution in [0.5, 0.6) is 11.5 Å². The fraction of sp³-hybridized carbons (Fsp3) is 0.273. The van der Waals surface area contributed by atoms with Gasteiger partial charge in [-0.25, -0.2) is 0 Å². The molecule has 0 saturated heterocycles. The van der Waals surface area contributed by atoms with Gasteiger partial charge in [0.05, 0.1) is 31.1 Å². The van der Waals surface area contributed by atoms with Gasteiger partial charge in [0.2, 0.25) is 0 Å². The molecule has 0 bridgehead atoms. The topological polar surface area (TPSA) is 109 Å². The molecule has 0 aliphatic heterocycles. The summed E-state index contributed by atoms with van der Waals surface area (Å²) in [7, 11) is 0. The number of amides is 1. The van der Waals surface area contributed by atoms with E-state index in [2.05, 4.69) is 10.4 Å². The Morgan fingerprint density at radius 1 is 1.09 bits per heavy atom. The van der Waals surface area contributed by atoms with Crippen LogP contribution in [0.3, 0.4) is 0 Å². The van der Waals surface area contributed by atoms with Crippen molar-refractivity contribution >= 4 is 23.3 Å². The fourth-order valence-corrected chi connectivity index (χ4v) is 3.25. The van der Waals surface area contributed by atoms with Crippen molar-refractivity contribution in [2.24, 2.45) is 0 Å². The maximum Gasteiger partial charge on any atom is 0.408 e. The first kappa shape index (κ1) is 23.1. The van der Waals surface area contributed by atoms with Crippen molar-refractivity contribution in [3.63, 3.8) is 0 Å². The number of hydrogen-bond acceptors (Lipinski definition) is 6. The van der Waals surface area contributed by atoms with Gasteiger partial charge in [0, 0.05) is 12.1 Å². The van der Waals surface area contributed by atoms with Gasteiger partial charge in [0.1, 0.15) is 0 Å². The molecule has 0 unspecified atom stereocenters. The maximum atomic E-state index is 12.5. The molecular weight excluding hydrogens is 436 g/mol. The minimum Gasteiger partial charge on any atom is -0.490 e. The zero-order valence-corrected chi connectivity index (χ0v) is 18.5. The predicted molar refractivity (Wildman–Crippen MR) is 119 cm³/mol. The summed E-state index contributed by atoms with van der Waals surface area (Å²) in [5.74, 6) is 0.707. The number of nitro groups is 1. The van der Waals surface area contributed by atoms with Crippen LogP contribution < -0.4 is 14.8 Å². The first-order valence-corrected chi connectivity index (χ1v) is 10.4. The monoisotopic (exact) mass is 458 g/mol. The Kier molecular flexibility index (Phi) is 7.67. The molecule has 9 nitrogen and oxygen atoms in total. The van der Waals surface area contributed by atoms with Gasteiger partial charge in [-0.15, -0.1) is 0 Å². The molecule has 10 heteroatoms. The molecule has 0 spiro atoms. The van der Waals surface area contributed by atoms with Gasteiger partial charge in [-0.3, -0.25) is 4.79 Å². The predicted octanol–water partition coefficient (Wildman–Crippen LogP) is 4.22. The molecule has 0 fully saturated rings. The van der Waals surface area contributed by atoms with Crippen LogP contribution >= 0.6 is 11.6 Å². The molecular formula is C22H23ClN4O5. The third-order valence-electron chi connectivity index (χ3n) is 4.49. The van der Waals surface area contributed by atoms with E-state index in [0.29, 0.717) is 43.4 Å². The van der Waals surface area contributed by atoms with Crippen LogP contribution in [-0.2, 0) is 13.1 Å². The Morgan fingerprint density at radius 2 is 1.75 bits per heavy atom. The molecule has 1 amide bonds. The normalized spacial score (nSPS) is 10.6. The molecule has 0 radical (unpaired) electrons. The average molecular weight is 459 g/mol. The van der Waals surface area contributed by atoms with Crippen molar-refractivity contribution in [3.8, 4) is 11.5 Å². The lowest BCUT2D eigenvalue weighted by molar-refractivity contribution is -0.389. The van der Waals surface area contributed by atoms with E-state index in [1.165, 1.54) is 10.9 Å². The van der Waals surface area contributed by atoms with Crippen LogP contribution in [0.4, 0.5) is 5.82 Å². The van der Waals surface area contributed by atoms with Crippen LogP contribution in [0.2, 0.25) is 5.02 Å². The smallest absolute Gasteiger partial charge is 0.408 e. The molecule has 0 atom stereocenters. The molecule has 1 heterocycles. The average Bonchev–Trinajstić information content (AvgIpc) is 3.14. The van der Waals surface area contributed by atoms with Crippen molar-refractivity contribution in [1.82, 2.24) is 15.1 Å². The van der Waals surface area contributed by atoms with Gasteiger partial charge >= 0.3 is 5.82 Å². The first-order chi connectivity index (χ1) is 15.4.